The first-order chi connectivity index (χ1) is 16.6. The van der Waals surface area contributed by atoms with Crippen LogP contribution in [-0.4, -0.2) is 21.7 Å². The van der Waals surface area contributed by atoms with Gasteiger partial charge in [-0.2, -0.15) is 18.3 Å². The van der Waals surface area contributed by atoms with Crippen molar-refractivity contribution in [2.75, 3.05) is 5.32 Å². The number of rotatable bonds is 6. The summed E-state index contributed by atoms with van der Waals surface area (Å²) in [6.45, 7) is 4.14. The quantitative estimate of drug-likeness (QED) is 0.388. The van der Waals surface area contributed by atoms with E-state index in [9.17, 15) is 18.0 Å². The molecule has 5 rings (SSSR count). The molecule has 0 saturated heterocycles. The van der Waals surface area contributed by atoms with Gasteiger partial charge in [-0.25, -0.2) is 4.68 Å². The summed E-state index contributed by atoms with van der Waals surface area (Å²) >= 11 is 0. The highest BCUT2D eigenvalue weighted by Crippen LogP contribution is 2.45. The smallest absolute Gasteiger partial charge is 0.363 e. The summed E-state index contributed by atoms with van der Waals surface area (Å²) in [4.78, 5) is 13.4. The first kappa shape index (κ1) is 23.6. The number of carbonyl (C=O) groups excluding carboxylic acids is 1. The van der Waals surface area contributed by atoms with Crippen LogP contribution >= 0.6 is 0 Å². The highest BCUT2D eigenvalue weighted by molar-refractivity contribution is 6.00. The summed E-state index contributed by atoms with van der Waals surface area (Å²) in [6.07, 6.45) is -0.195. The van der Waals surface area contributed by atoms with Gasteiger partial charge in [-0.1, -0.05) is 68.4 Å². The molecule has 0 saturated carbocycles. The number of hydrogen-bond donors (Lipinski definition) is 1. The third kappa shape index (κ3) is 4.86. The van der Waals surface area contributed by atoms with Crippen molar-refractivity contribution in [2.45, 2.75) is 64.2 Å². The zero-order valence-electron chi connectivity index (χ0n) is 20.0. The zero-order valence-corrected chi connectivity index (χ0v) is 20.0. The van der Waals surface area contributed by atoms with Crippen LogP contribution < -0.4 is 5.32 Å². The van der Waals surface area contributed by atoms with Gasteiger partial charge in [0.1, 0.15) is 5.82 Å². The van der Waals surface area contributed by atoms with Crippen molar-refractivity contribution in [3.05, 3.63) is 83.0 Å². The van der Waals surface area contributed by atoms with Crippen molar-refractivity contribution >= 4 is 11.6 Å². The first-order valence-electron chi connectivity index (χ1n) is 12.2. The Kier molecular flexibility index (Phi) is 5.98. The molecule has 1 aliphatic heterocycles. The Morgan fingerprint density at radius 1 is 1.03 bits per heavy atom. The van der Waals surface area contributed by atoms with Gasteiger partial charge in [-0.3, -0.25) is 4.79 Å². The number of Topliss-reactive ketones (excluding diaryl/α,β-unsaturated/α-hetero) is 1. The third-order valence-corrected chi connectivity index (χ3v) is 7.36. The maximum absolute atomic E-state index is 14.0. The average Bonchev–Trinajstić information content (AvgIpc) is 3.41. The molecule has 2 unspecified atom stereocenters. The Labute approximate surface area is 203 Å². The summed E-state index contributed by atoms with van der Waals surface area (Å²) in [6, 6.07) is 15.2. The van der Waals surface area contributed by atoms with E-state index < -0.39 is 18.3 Å². The van der Waals surface area contributed by atoms with Gasteiger partial charge in [0, 0.05) is 12.8 Å². The van der Waals surface area contributed by atoms with E-state index in [4.69, 9.17) is 0 Å². The standard InChI is InChI=1S/C28H30F3N3O/c1-27(2,15-18-12-20-10-6-7-11-21(20)13-18)16-24(35)22-17-32-34-25(28(29,30)31)14-23(33-26(22)34)19-8-4-3-5-9-19/h3-11,17-18,23,25,33H,12-16H2,1-2H3. The number of nitrogens with one attached hydrogen (secondary N) is 1. The van der Waals surface area contributed by atoms with Crippen LogP contribution in [0.5, 0.6) is 0 Å². The summed E-state index contributed by atoms with van der Waals surface area (Å²) in [5.74, 6) is 0.460. The Bertz CT molecular complexity index is 1190. The van der Waals surface area contributed by atoms with Crippen molar-refractivity contribution < 1.29 is 18.0 Å². The molecule has 184 valence electrons. The normalized spacial score (nSPS) is 20.3. The molecule has 0 bridgehead atoms. The predicted octanol–water partition coefficient (Wildman–Crippen LogP) is 6.95. The van der Waals surface area contributed by atoms with E-state index in [0.717, 1.165) is 29.5 Å². The molecule has 0 amide bonds. The molecule has 1 aliphatic carbocycles. The van der Waals surface area contributed by atoms with Crippen LogP contribution in [0.1, 0.15) is 72.2 Å². The van der Waals surface area contributed by atoms with E-state index in [1.54, 1.807) is 24.3 Å². The molecule has 1 aromatic heterocycles. The molecule has 0 spiro atoms. The second kappa shape index (κ2) is 8.85. The van der Waals surface area contributed by atoms with Crippen LogP contribution in [0.2, 0.25) is 0 Å². The molecule has 35 heavy (non-hydrogen) atoms. The summed E-state index contributed by atoms with van der Waals surface area (Å²) in [7, 11) is 0. The van der Waals surface area contributed by atoms with Gasteiger partial charge in [0.05, 0.1) is 17.8 Å². The molecule has 2 aromatic carbocycles. The van der Waals surface area contributed by atoms with Crippen molar-refractivity contribution in [3.8, 4) is 0 Å². The molecule has 2 heterocycles. The Morgan fingerprint density at radius 2 is 1.66 bits per heavy atom. The van der Waals surface area contributed by atoms with Gasteiger partial charge in [0.15, 0.2) is 11.8 Å². The predicted molar refractivity (Wildman–Crippen MR) is 129 cm³/mol. The van der Waals surface area contributed by atoms with Gasteiger partial charge in [-0.15, -0.1) is 0 Å². The highest BCUT2D eigenvalue weighted by Gasteiger charge is 2.47. The minimum atomic E-state index is -4.47. The van der Waals surface area contributed by atoms with Crippen molar-refractivity contribution in [1.82, 2.24) is 9.78 Å². The summed E-state index contributed by atoms with van der Waals surface area (Å²) in [5.41, 5.74) is 3.46. The molecule has 7 heteroatoms. The lowest BCUT2D eigenvalue weighted by atomic mass is 9.77. The maximum atomic E-state index is 14.0. The molecule has 2 atom stereocenters. The molecule has 0 radical (unpaired) electrons. The van der Waals surface area contributed by atoms with Crippen LogP contribution in [0.4, 0.5) is 19.0 Å². The molecule has 0 fully saturated rings. The fourth-order valence-corrected chi connectivity index (χ4v) is 5.85. The topological polar surface area (TPSA) is 46.9 Å². The number of nitrogens with zero attached hydrogens (tertiary/aromatic N) is 2. The number of halogens is 3. The van der Waals surface area contributed by atoms with Crippen molar-refractivity contribution in [1.29, 1.82) is 0 Å². The molecule has 2 aliphatic rings. The number of anilines is 1. The SMILES string of the molecule is CC(C)(CC(=O)c1cnn2c1NC(c1ccccc1)CC2C(F)(F)F)CC1Cc2ccccc2C1. The van der Waals surface area contributed by atoms with E-state index in [0.29, 0.717) is 5.92 Å². The van der Waals surface area contributed by atoms with E-state index in [-0.39, 0.29) is 35.4 Å². The van der Waals surface area contributed by atoms with E-state index >= 15 is 0 Å². The minimum Gasteiger partial charge on any atom is -0.363 e. The summed E-state index contributed by atoms with van der Waals surface area (Å²) < 4.78 is 42.8. The van der Waals surface area contributed by atoms with Gasteiger partial charge < -0.3 is 5.32 Å². The molecular weight excluding hydrogens is 451 g/mol. The van der Waals surface area contributed by atoms with Gasteiger partial charge in [0.2, 0.25) is 0 Å². The molecule has 1 N–H and O–H groups in total. The number of aromatic nitrogens is 2. The fraction of sp³-hybridized carbons (Fsp3) is 0.429. The number of fused-ring (bicyclic) bond motifs is 2. The lowest BCUT2D eigenvalue weighted by molar-refractivity contribution is -0.173. The second-order valence-electron chi connectivity index (χ2n) is 10.8. The maximum Gasteiger partial charge on any atom is 0.410 e. The van der Waals surface area contributed by atoms with Crippen molar-refractivity contribution in [2.24, 2.45) is 11.3 Å². The number of carbonyl (C=O) groups is 1. The number of benzene rings is 2. The molecular formula is C28H30F3N3O. The first-order valence-corrected chi connectivity index (χ1v) is 12.2. The monoisotopic (exact) mass is 481 g/mol. The minimum absolute atomic E-state index is 0.168. The fourth-order valence-electron chi connectivity index (χ4n) is 5.85. The molecule has 3 aromatic rings. The lowest BCUT2D eigenvalue weighted by Gasteiger charge is -2.34. The highest BCUT2D eigenvalue weighted by atomic mass is 19.4. The van der Waals surface area contributed by atoms with Gasteiger partial charge in [0.25, 0.3) is 0 Å². The van der Waals surface area contributed by atoms with E-state index in [2.05, 4.69) is 48.5 Å². The van der Waals surface area contributed by atoms with Crippen LogP contribution in [0.25, 0.3) is 0 Å². The Hall–Kier alpha value is -3.09. The second-order valence-corrected chi connectivity index (χ2v) is 10.8. The molecule has 4 nitrogen and oxygen atoms in total. The average molecular weight is 482 g/mol. The van der Waals surface area contributed by atoms with E-state index in [1.165, 1.54) is 17.3 Å². The third-order valence-electron chi connectivity index (χ3n) is 7.36. The largest absolute Gasteiger partial charge is 0.410 e. The Balaban J connectivity index is 1.35. The van der Waals surface area contributed by atoms with Crippen LogP contribution in [-0.2, 0) is 12.8 Å². The van der Waals surface area contributed by atoms with Gasteiger partial charge >= 0.3 is 6.18 Å². The number of ketones is 1. The number of hydrogen-bond acceptors (Lipinski definition) is 3. The van der Waals surface area contributed by atoms with Crippen LogP contribution in [0.3, 0.4) is 0 Å². The van der Waals surface area contributed by atoms with Crippen molar-refractivity contribution in [3.63, 3.8) is 0 Å². The van der Waals surface area contributed by atoms with Crippen LogP contribution in [0.15, 0.2) is 60.8 Å². The number of alkyl halides is 3. The zero-order chi connectivity index (χ0) is 24.8. The van der Waals surface area contributed by atoms with Crippen LogP contribution in [0, 0.1) is 11.3 Å². The van der Waals surface area contributed by atoms with E-state index in [1.807, 2.05) is 6.07 Å². The lowest BCUT2D eigenvalue weighted by Crippen LogP contribution is -2.36. The van der Waals surface area contributed by atoms with Gasteiger partial charge in [-0.05, 0) is 47.3 Å². The Morgan fingerprint density at radius 3 is 2.29 bits per heavy atom. The summed E-state index contributed by atoms with van der Waals surface area (Å²) in [5, 5.41) is 7.22.